The van der Waals surface area contributed by atoms with Gasteiger partial charge in [0.25, 0.3) is 11.8 Å². The Morgan fingerprint density at radius 2 is 1.79 bits per heavy atom. The highest BCUT2D eigenvalue weighted by Crippen LogP contribution is 2.32. The topological polar surface area (TPSA) is 88.7 Å². The van der Waals surface area contributed by atoms with Gasteiger partial charge in [0.15, 0.2) is 11.7 Å². The second kappa shape index (κ2) is 12.3. The molecule has 3 rings (SSSR count). The third kappa shape index (κ3) is 7.43. The number of benzene rings is 3. The number of thiocarbonyl (C=S) groups is 1. The first-order valence-electron chi connectivity index (χ1n) is 10.8. The van der Waals surface area contributed by atoms with E-state index in [1.165, 1.54) is 0 Å². The molecule has 7 nitrogen and oxygen atoms in total. The molecule has 0 radical (unpaired) electrons. The third-order valence-corrected chi connectivity index (χ3v) is 5.81. The average Bonchev–Trinajstić information content (AvgIpc) is 2.82. The number of hydrazine groups is 1. The second-order valence-corrected chi connectivity index (χ2v) is 9.10. The van der Waals surface area contributed by atoms with Gasteiger partial charge in [-0.15, -0.1) is 0 Å². The van der Waals surface area contributed by atoms with Crippen LogP contribution >= 0.6 is 28.1 Å². The van der Waals surface area contributed by atoms with Crippen LogP contribution in [0.25, 0.3) is 10.8 Å². The Bertz CT molecular complexity index is 1190. The summed E-state index contributed by atoms with van der Waals surface area (Å²) in [6, 6.07) is 18.4. The Morgan fingerprint density at radius 3 is 2.59 bits per heavy atom. The van der Waals surface area contributed by atoms with Crippen LogP contribution in [0.4, 0.5) is 0 Å². The van der Waals surface area contributed by atoms with E-state index in [0.29, 0.717) is 29.6 Å². The lowest BCUT2D eigenvalue weighted by molar-refractivity contribution is -0.123. The van der Waals surface area contributed by atoms with Gasteiger partial charge in [0.1, 0.15) is 11.5 Å². The standard InChI is InChI=1S/C25H26BrN3O4S/c1-16(2)12-13-32-19-8-5-7-18(14-19)24(31)27-25(34)29-28-22(30)15-33-21-11-10-17-6-3-4-9-20(17)23(21)26/h3-11,14,16H,12-13,15H2,1-2H3,(H,28,30)(H2,27,29,31,34). The van der Waals surface area contributed by atoms with Gasteiger partial charge in [-0.1, -0.05) is 50.2 Å². The summed E-state index contributed by atoms with van der Waals surface area (Å²) in [6.07, 6.45) is 0.922. The highest BCUT2D eigenvalue weighted by molar-refractivity contribution is 9.10. The molecule has 0 aliphatic heterocycles. The van der Waals surface area contributed by atoms with E-state index >= 15 is 0 Å². The number of fused-ring (bicyclic) bond motifs is 1. The van der Waals surface area contributed by atoms with E-state index in [0.717, 1.165) is 21.7 Å². The molecule has 2 amide bonds. The van der Waals surface area contributed by atoms with Gasteiger partial charge in [-0.05, 0) is 75.5 Å². The molecule has 0 aliphatic carbocycles. The fourth-order valence-corrected chi connectivity index (χ4v) is 3.73. The highest BCUT2D eigenvalue weighted by Gasteiger charge is 2.11. The quantitative estimate of drug-likeness (QED) is 0.281. The zero-order chi connectivity index (χ0) is 24.5. The molecule has 0 unspecified atom stereocenters. The summed E-state index contributed by atoms with van der Waals surface area (Å²) >= 11 is 8.61. The van der Waals surface area contributed by atoms with Crippen LogP contribution in [0.1, 0.15) is 30.6 Å². The summed E-state index contributed by atoms with van der Waals surface area (Å²) in [5, 5.41) is 4.51. The fraction of sp³-hybridized carbons (Fsp3) is 0.240. The second-order valence-electron chi connectivity index (χ2n) is 7.90. The number of carbonyl (C=O) groups is 2. The van der Waals surface area contributed by atoms with Gasteiger partial charge in [0.05, 0.1) is 11.1 Å². The van der Waals surface area contributed by atoms with E-state index in [-0.39, 0.29) is 11.7 Å². The first-order valence-corrected chi connectivity index (χ1v) is 12.0. The van der Waals surface area contributed by atoms with Crippen LogP contribution in [0.5, 0.6) is 11.5 Å². The van der Waals surface area contributed by atoms with E-state index in [4.69, 9.17) is 21.7 Å². The predicted molar refractivity (Wildman–Crippen MR) is 140 cm³/mol. The Morgan fingerprint density at radius 1 is 1.00 bits per heavy atom. The molecule has 0 bridgehead atoms. The van der Waals surface area contributed by atoms with Crippen LogP contribution in [0.3, 0.4) is 0 Å². The number of halogens is 1. The first-order chi connectivity index (χ1) is 16.3. The van der Waals surface area contributed by atoms with Gasteiger partial charge in [-0.25, -0.2) is 0 Å². The van der Waals surface area contributed by atoms with Gasteiger partial charge in [-0.2, -0.15) is 0 Å². The molecule has 0 saturated heterocycles. The van der Waals surface area contributed by atoms with Gasteiger partial charge < -0.3 is 9.47 Å². The molecular weight excluding hydrogens is 518 g/mol. The molecule has 9 heteroatoms. The molecule has 0 fully saturated rings. The summed E-state index contributed by atoms with van der Waals surface area (Å²) in [5.74, 6) is 0.803. The van der Waals surface area contributed by atoms with Crippen molar-refractivity contribution in [2.75, 3.05) is 13.2 Å². The largest absolute Gasteiger partial charge is 0.494 e. The lowest BCUT2D eigenvalue weighted by Crippen LogP contribution is -2.49. The van der Waals surface area contributed by atoms with Gasteiger partial charge >= 0.3 is 0 Å². The summed E-state index contributed by atoms with van der Waals surface area (Å²) in [7, 11) is 0. The van der Waals surface area contributed by atoms with Gasteiger partial charge in [0.2, 0.25) is 0 Å². The van der Waals surface area contributed by atoms with Crippen LogP contribution in [0.15, 0.2) is 65.1 Å². The molecular formula is C25H26BrN3O4S. The number of ether oxygens (including phenoxy) is 2. The van der Waals surface area contributed by atoms with Crippen LogP contribution in [-0.4, -0.2) is 30.1 Å². The maximum atomic E-state index is 12.5. The lowest BCUT2D eigenvalue weighted by Gasteiger charge is -2.13. The SMILES string of the molecule is CC(C)CCOc1cccc(C(=O)NC(=S)NNC(=O)COc2ccc3ccccc3c2Br)c1. The Labute approximate surface area is 212 Å². The maximum Gasteiger partial charge on any atom is 0.276 e. The highest BCUT2D eigenvalue weighted by atomic mass is 79.9. The zero-order valence-corrected chi connectivity index (χ0v) is 21.3. The third-order valence-electron chi connectivity index (χ3n) is 4.79. The number of amides is 2. The van der Waals surface area contributed by atoms with Crippen molar-refractivity contribution in [3.8, 4) is 11.5 Å². The van der Waals surface area contributed by atoms with Crippen molar-refractivity contribution in [3.05, 3.63) is 70.7 Å². The van der Waals surface area contributed by atoms with Crippen LogP contribution in [0.2, 0.25) is 0 Å². The molecule has 0 saturated carbocycles. The van der Waals surface area contributed by atoms with Crippen molar-refractivity contribution < 1.29 is 19.1 Å². The molecule has 0 heterocycles. The van der Waals surface area contributed by atoms with Crippen LogP contribution in [-0.2, 0) is 4.79 Å². The Hall–Kier alpha value is -3.17. The lowest BCUT2D eigenvalue weighted by atomic mass is 10.1. The van der Waals surface area contributed by atoms with E-state index < -0.39 is 11.8 Å². The number of rotatable bonds is 8. The smallest absolute Gasteiger partial charge is 0.276 e. The number of hydrogen-bond acceptors (Lipinski definition) is 5. The van der Waals surface area contributed by atoms with E-state index in [1.807, 2.05) is 30.3 Å². The molecule has 178 valence electrons. The van der Waals surface area contributed by atoms with Crippen molar-refractivity contribution in [1.29, 1.82) is 0 Å². The maximum absolute atomic E-state index is 12.5. The molecule has 0 atom stereocenters. The minimum absolute atomic E-state index is 0.0450. The predicted octanol–water partition coefficient (Wildman–Crippen LogP) is 4.74. The molecule has 0 aliphatic rings. The van der Waals surface area contributed by atoms with E-state index in [9.17, 15) is 9.59 Å². The number of nitrogens with one attached hydrogen (secondary N) is 3. The number of hydrogen-bond donors (Lipinski definition) is 3. The van der Waals surface area contributed by atoms with E-state index in [1.54, 1.807) is 30.3 Å². The van der Waals surface area contributed by atoms with Crippen molar-refractivity contribution in [1.82, 2.24) is 16.2 Å². The average molecular weight is 544 g/mol. The molecule has 0 spiro atoms. The van der Waals surface area contributed by atoms with Crippen LogP contribution < -0.4 is 25.6 Å². The molecule has 3 aromatic rings. The number of carbonyl (C=O) groups excluding carboxylic acids is 2. The summed E-state index contributed by atoms with van der Waals surface area (Å²) in [5.41, 5.74) is 5.30. The summed E-state index contributed by atoms with van der Waals surface area (Å²) in [6.45, 7) is 4.58. The molecule has 34 heavy (non-hydrogen) atoms. The minimum Gasteiger partial charge on any atom is -0.494 e. The van der Waals surface area contributed by atoms with Gasteiger partial charge in [-0.3, -0.25) is 25.8 Å². The molecule has 3 N–H and O–H groups in total. The fourth-order valence-electron chi connectivity index (χ4n) is 2.98. The monoisotopic (exact) mass is 543 g/mol. The summed E-state index contributed by atoms with van der Waals surface area (Å²) < 4.78 is 12.1. The van der Waals surface area contributed by atoms with Crippen molar-refractivity contribution in [2.45, 2.75) is 20.3 Å². The molecule has 3 aromatic carbocycles. The van der Waals surface area contributed by atoms with Crippen molar-refractivity contribution in [3.63, 3.8) is 0 Å². The zero-order valence-electron chi connectivity index (χ0n) is 18.9. The van der Waals surface area contributed by atoms with Crippen LogP contribution in [0, 0.1) is 5.92 Å². The Balaban J connectivity index is 1.44. The van der Waals surface area contributed by atoms with Crippen molar-refractivity contribution >= 4 is 55.8 Å². The van der Waals surface area contributed by atoms with Gasteiger partial charge in [0, 0.05) is 5.56 Å². The first kappa shape index (κ1) is 25.5. The molecule has 0 aromatic heterocycles. The minimum atomic E-state index is -0.461. The van der Waals surface area contributed by atoms with Crippen molar-refractivity contribution in [2.24, 2.45) is 5.92 Å². The normalized spacial score (nSPS) is 10.6. The summed E-state index contributed by atoms with van der Waals surface area (Å²) in [4.78, 5) is 24.6. The van der Waals surface area contributed by atoms with E-state index in [2.05, 4.69) is 45.9 Å². The Kier molecular flexibility index (Phi) is 9.24.